The quantitative estimate of drug-likeness (QED) is 0.136. The van der Waals surface area contributed by atoms with Crippen LogP contribution in [0.2, 0.25) is 0 Å². The number of ether oxygens (including phenoxy) is 2. The topological polar surface area (TPSA) is 186 Å². The lowest BCUT2D eigenvalue weighted by Gasteiger charge is -2.36. The highest BCUT2D eigenvalue weighted by Gasteiger charge is 2.41. The molecule has 1 heterocycles. The zero-order chi connectivity index (χ0) is 39.5. The lowest BCUT2D eigenvalue weighted by Crippen LogP contribution is -2.59. The molecule has 1 aliphatic heterocycles. The van der Waals surface area contributed by atoms with E-state index in [0.717, 1.165) is 17.9 Å². The number of hydrogen-bond acceptors (Lipinski definition) is 8. The Labute approximate surface area is 305 Å². The minimum atomic E-state index is -1.04. The largest absolute Gasteiger partial charge is 0.497 e. The van der Waals surface area contributed by atoms with Gasteiger partial charge in [-0.1, -0.05) is 93.7 Å². The molecule has 13 nitrogen and oxygen atoms in total. The lowest BCUT2D eigenvalue weighted by molar-refractivity contribution is -0.148. The van der Waals surface area contributed by atoms with Gasteiger partial charge in [0.1, 0.15) is 24.4 Å². The second-order valence-electron chi connectivity index (χ2n) is 14.8. The van der Waals surface area contributed by atoms with Crippen LogP contribution in [0, 0.1) is 23.2 Å². The number of rotatable bonds is 12. The summed E-state index contributed by atoms with van der Waals surface area (Å²) in [6.07, 6.45) is 5.51. The number of ketones is 1. The highest BCUT2D eigenvalue weighted by molar-refractivity contribution is 6.37. The molecule has 1 saturated heterocycles. The molecule has 3 rings (SSSR count). The van der Waals surface area contributed by atoms with Crippen molar-refractivity contribution >= 4 is 36.0 Å². The van der Waals surface area contributed by atoms with E-state index in [2.05, 4.69) is 49.4 Å². The van der Waals surface area contributed by atoms with Crippen molar-refractivity contribution < 1.29 is 38.2 Å². The van der Waals surface area contributed by atoms with E-state index in [4.69, 9.17) is 9.47 Å². The van der Waals surface area contributed by atoms with Crippen LogP contribution < -0.4 is 26.4 Å². The first-order valence-corrected chi connectivity index (χ1v) is 18.0. The number of likely N-dealkylation sites (tertiary alicyclic amines) is 1. The Morgan fingerprint density at radius 3 is 1.86 bits per heavy atom. The number of esters is 1. The van der Waals surface area contributed by atoms with Crippen molar-refractivity contribution in [2.45, 2.75) is 133 Å². The molecule has 0 spiro atoms. The van der Waals surface area contributed by atoms with Crippen LogP contribution in [0.1, 0.15) is 107 Å². The molecule has 2 fully saturated rings. The molecular formula is C38H65N5O8. The third-order valence-corrected chi connectivity index (χ3v) is 8.38. The fourth-order valence-corrected chi connectivity index (χ4v) is 4.56. The number of carbonyl (C=O) groups excluding carboxylic acids is 6. The predicted octanol–water partition coefficient (Wildman–Crippen LogP) is 4.74. The van der Waals surface area contributed by atoms with Crippen molar-refractivity contribution in [3.05, 3.63) is 29.8 Å². The zero-order valence-corrected chi connectivity index (χ0v) is 33.0. The highest BCUT2D eigenvalue weighted by atomic mass is 16.5. The van der Waals surface area contributed by atoms with E-state index in [0.29, 0.717) is 24.6 Å². The van der Waals surface area contributed by atoms with Crippen LogP contribution in [0.25, 0.3) is 0 Å². The van der Waals surface area contributed by atoms with Gasteiger partial charge in [0.2, 0.25) is 18.1 Å². The summed E-state index contributed by atoms with van der Waals surface area (Å²) in [5.74, 6) is -0.436. The number of benzene rings is 1. The zero-order valence-electron chi connectivity index (χ0n) is 33.0. The van der Waals surface area contributed by atoms with E-state index in [9.17, 15) is 28.8 Å². The summed E-state index contributed by atoms with van der Waals surface area (Å²) in [7, 11) is 1.59. The number of hydrogen-bond donors (Lipinski definition) is 4. The van der Waals surface area contributed by atoms with Gasteiger partial charge < -0.3 is 36.1 Å². The second kappa shape index (κ2) is 23.3. The van der Waals surface area contributed by atoms with Crippen molar-refractivity contribution in [3.8, 4) is 5.75 Å². The number of carbonyl (C=O) groups is 6. The lowest BCUT2D eigenvalue weighted by atomic mass is 9.85. The molecule has 0 aromatic heterocycles. The Morgan fingerprint density at radius 1 is 0.961 bits per heavy atom. The van der Waals surface area contributed by atoms with Gasteiger partial charge in [-0.05, 0) is 61.1 Å². The Kier molecular flexibility index (Phi) is 21.4. The van der Waals surface area contributed by atoms with E-state index in [1.807, 2.05) is 58.6 Å². The van der Waals surface area contributed by atoms with Gasteiger partial charge in [0.25, 0.3) is 5.91 Å². The van der Waals surface area contributed by atoms with Gasteiger partial charge in [0.15, 0.2) is 0 Å². The number of nitrogens with zero attached hydrogens (tertiary/aromatic N) is 1. The monoisotopic (exact) mass is 719 g/mol. The molecule has 290 valence electrons. The summed E-state index contributed by atoms with van der Waals surface area (Å²) in [6.45, 7) is 22.3. The molecule has 51 heavy (non-hydrogen) atoms. The van der Waals surface area contributed by atoms with Crippen LogP contribution in [0.15, 0.2) is 24.3 Å². The van der Waals surface area contributed by atoms with Crippen LogP contribution in [-0.2, 0) is 35.3 Å². The van der Waals surface area contributed by atoms with Crippen LogP contribution in [0.3, 0.4) is 0 Å². The normalized spacial score (nSPS) is 18.0. The van der Waals surface area contributed by atoms with E-state index in [-0.39, 0.29) is 24.5 Å². The highest BCUT2D eigenvalue weighted by Crippen LogP contribution is 2.28. The number of urea groups is 1. The third kappa shape index (κ3) is 18.1. The van der Waals surface area contributed by atoms with Crippen molar-refractivity contribution in [2.75, 3.05) is 13.7 Å². The van der Waals surface area contributed by atoms with Gasteiger partial charge in [-0.3, -0.25) is 19.2 Å². The first-order chi connectivity index (χ1) is 23.7. The molecule has 1 saturated carbocycles. The molecule has 2 aliphatic rings. The van der Waals surface area contributed by atoms with Crippen molar-refractivity contribution in [1.82, 2.24) is 20.9 Å². The molecular weight excluding hydrogens is 654 g/mol. The molecule has 13 heteroatoms. The Morgan fingerprint density at radius 2 is 1.49 bits per heavy atom. The van der Waals surface area contributed by atoms with Crippen LogP contribution >= 0.6 is 0 Å². The first kappa shape index (κ1) is 46.8. The van der Waals surface area contributed by atoms with E-state index in [1.165, 1.54) is 26.2 Å². The second-order valence-corrected chi connectivity index (χ2v) is 14.8. The van der Waals surface area contributed by atoms with Crippen molar-refractivity contribution in [2.24, 2.45) is 28.9 Å². The fraction of sp³-hybridized carbons (Fsp3) is 0.684. The van der Waals surface area contributed by atoms with E-state index in [1.54, 1.807) is 19.2 Å². The summed E-state index contributed by atoms with van der Waals surface area (Å²) in [5.41, 5.74) is 4.94. The smallest absolute Gasteiger partial charge is 0.329 e. The number of Topliss-reactive ketones (excluding diaryl/α,β-unsaturated/α-hetero) is 1. The van der Waals surface area contributed by atoms with Gasteiger partial charge in [-0.2, -0.15) is 0 Å². The fourth-order valence-electron chi connectivity index (χ4n) is 4.56. The summed E-state index contributed by atoms with van der Waals surface area (Å²) >= 11 is 0. The van der Waals surface area contributed by atoms with Crippen molar-refractivity contribution in [3.63, 3.8) is 0 Å². The SMILES string of the molecule is CC(NC=O)C(=O)C(N)=O.CC1CC1.CCC.COc1ccc(COC(=O)C(NC(=O)NC(C(=O)N2CCC(C)C2C)C(C)(C)C)C(C)C)cc1. The molecule has 1 aromatic carbocycles. The van der Waals surface area contributed by atoms with Gasteiger partial charge >= 0.3 is 12.0 Å². The molecule has 5 unspecified atom stereocenters. The number of primary amides is 1. The summed E-state index contributed by atoms with van der Waals surface area (Å²) in [6, 6.07) is 4.39. The van der Waals surface area contributed by atoms with Crippen LogP contribution in [-0.4, -0.2) is 78.7 Å². The average Bonchev–Trinajstić information content (AvgIpc) is 3.78. The Balaban J connectivity index is 0.00000120. The molecule has 0 bridgehead atoms. The number of methoxy groups -OCH3 is 1. The maximum Gasteiger partial charge on any atom is 0.329 e. The maximum atomic E-state index is 13.3. The van der Waals surface area contributed by atoms with Crippen LogP contribution in [0.4, 0.5) is 4.79 Å². The molecule has 1 aromatic rings. The molecule has 0 radical (unpaired) electrons. The number of nitrogens with one attached hydrogen (secondary N) is 3. The van der Waals surface area contributed by atoms with Gasteiger partial charge in [-0.25, -0.2) is 9.59 Å². The summed E-state index contributed by atoms with van der Waals surface area (Å²) < 4.78 is 10.6. The third-order valence-electron chi connectivity index (χ3n) is 8.38. The average molecular weight is 720 g/mol. The van der Waals surface area contributed by atoms with Gasteiger partial charge in [-0.15, -0.1) is 0 Å². The summed E-state index contributed by atoms with van der Waals surface area (Å²) in [5, 5.41) is 7.65. The predicted molar refractivity (Wildman–Crippen MR) is 199 cm³/mol. The Hall–Kier alpha value is -4.16. The summed E-state index contributed by atoms with van der Waals surface area (Å²) in [4.78, 5) is 71.2. The number of nitrogens with two attached hydrogens (primary N) is 1. The van der Waals surface area contributed by atoms with Gasteiger partial charge in [0, 0.05) is 12.6 Å². The molecule has 5 N–H and O–H groups in total. The molecule has 5 atom stereocenters. The first-order valence-electron chi connectivity index (χ1n) is 18.0. The minimum Gasteiger partial charge on any atom is -0.497 e. The van der Waals surface area contributed by atoms with Crippen LogP contribution in [0.5, 0.6) is 5.75 Å². The van der Waals surface area contributed by atoms with E-state index >= 15 is 0 Å². The maximum absolute atomic E-state index is 13.3. The van der Waals surface area contributed by atoms with E-state index < -0.39 is 47.2 Å². The van der Waals surface area contributed by atoms with Crippen molar-refractivity contribution in [1.29, 1.82) is 0 Å². The standard InChI is InChI=1S/C26H41N3O5.C5H8N2O3.C4H8.C3H8/c1-16(2)21(24(31)34-15-19-9-11-20(33-8)12-10-19)27-25(32)28-22(26(5,6)7)23(30)29-14-13-17(3)18(29)4;1-3(7-2-8)4(9)5(6)10;1-4-2-3-4;1-3-2/h9-12,16-18,21-22H,13-15H2,1-8H3,(H2,27,28,32);2-3H,1H3,(H2,6,10)(H,7,8);4H,2-3H2,1H3;3H2,1-2H3. The van der Waals surface area contributed by atoms with Gasteiger partial charge in [0.05, 0.1) is 13.2 Å². The Bertz CT molecular complexity index is 1240. The molecule has 5 amide bonds. The molecule has 1 aliphatic carbocycles. The minimum absolute atomic E-state index is 0.0868. The number of amides is 5.